The third-order valence-corrected chi connectivity index (χ3v) is 5.85. The van der Waals surface area contributed by atoms with Crippen molar-refractivity contribution in [2.24, 2.45) is 0 Å². The van der Waals surface area contributed by atoms with Gasteiger partial charge in [-0.3, -0.25) is 0 Å². The molecule has 1 aliphatic heterocycles. The molecular weight excluding hydrogens is 350 g/mol. The maximum absolute atomic E-state index is 6.08. The fourth-order valence-corrected chi connectivity index (χ4v) is 4.46. The van der Waals surface area contributed by atoms with Crippen molar-refractivity contribution >= 4 is 35.1 Å². The minimum Gasteiger partial charge on any atom is -0.442 e. The number of furan rings is 1. The van der Waals surface area contributed by atoms with Gasteiger partial charge in [0, 0.05) is 25.1 Å². The van der Waals surface area contributed by atoms with E-state index in [0.29, 0.717) is 5.71 Å². The van der Waals surface area contributed by atoms with Crippen LogP contribution in [-0.4, -0.2) is 33.8 Å². The van der Waals surface area contributed by atoms with Gasteiger partial charge in [-0.1, -0.05) is 61.2 Å². The number of hydrogen-bond donors (Lipinski definition) is 0. The van der Waals surface area contributed by atoms with Crippen molar-refractivity contribution in [3.8, 4) is 0 Å². The van der Waals surface area contributed by atoms with E-state index in [1.807, 2.05) is 6.07 Å². The number of thioether (sulfide) groups is 1. The second-order valence-electron chi connectivity index (χ2n) is 6.38. The summed E-state index contributed by atoms with van der Waals surface area (Å²) in [5.41, 5.74) is 3.15. The zero-order valence-electron chi connectivity index (χ0n) is 14.5. The summed E-state index contributed by atoms with van der Waals surface area (Å²) in [5, 5.41) is 1.95. The molecule has 0 bridgehead atoms. The molecule has 1 aliphatic rings. The van der Waals surface area contributed by atoms with E-state index in [1.165, 1.54) is 11.1 Å². The maximum Gasteiger partial charge on any atom is 0.231 e. The molecule has 4 rings (SSSR count). The van der Waals surface area contributed by atoms with Gasteiger partial charge in [0.15, 0.2) is 5.16 Å². The van der Waals surface area contributed by atoms with Gasteiger partial charge < -0.3 is 13.9 Å². The normalized spacial score (nSPS) is 14.8. The summed E-state index contributed by atoms with van der Waals surface area (Å²) < 4.78 is 9.08. The molecule has 0 saturated heterocycles. The van der Waals surface area contributed by atoms with Gasteiger partial charge in [0.05, 0.1) is 11.9 Å². The zero-order valence-corrected chi connectivity index (χ0v) is 16.1. The second-order valence-corrected chi connectivity index (χ2v) is 7.99. The van der Waals surface area contributed by atoms with Crippen molar-refractivity contribution in [1.82, 2.24) is 14.5 Å². The third kappa shape index (κ3) is 3.14. The van der Waals surface area contributed by atoms with Crippen LogP contribution in [0.3, 0.4) is 0 Å². The molecule has 0 spiro atoms. The van der Waals surface area contributed by atoms with Crippen LogP contribution in [0.2, 0.25) is 0 Å². The van der Waals surface area contributed by atoms with Crippen LogP contribution in [-0.2, 0) is 19.5 Å². The molecule has 2 aromatic heterocycles. The van der Waals surface area contributed by atoms with Crippen molar-refractivity contribution in [3.63, 3.8) is 0 Å². The summed E-state index contributed by atoms with van der Waals surface area (Å²) in [6.07, 6.45) is 0.923. The quantitative estimate of drug-likeness (QED) is 0.383. The first-order valence-corrected chi connectivity index (χ1v) is 9.97. The Bertz CT molecular complexity index is 962. The van der Waals surface area contributed by atoms with Crippen molar-refractivity contribution in [3.05, 3.63) is 51.9 Å². The van der Waals surface area contributed by atoms with E-state index < -0.39 is 0 Å². The van der Waals surface area contributed by atoms with Gasteiger partial charge in [-0.05, 0) is 18.4 Å². The topological polar surface area (TPSA) is 34.2 Å². The van der Waals surface area contributed by atoms with Crippen LogP contribution in [0.4, 0.5) is 0 Å². The molecule has 6 heteroatoms. The molecule has 0 N–H and O–H groups in total. The first-order chi connectivity index (χ1) is 12.2. The number of benzene rings is 1. The molecule has 0 aliphatic carbocycles. The molecule has 3 heterocycles. The number of likely N-dealkylation sites (N-methyl/N-ethyl adjacent to an activating group) is 1. The van der Waals surface area contributed by atoms with Gasteiger partial charge in [0.1, 0.15) is 10.4 Å². The molecule has 4 nitrogen and oxygen atoms in total. The highest BCUT2D eigenvalue weighted by Gasteiger charge is 2.24. The van der Waals surface area contributed by atoms with Crippen molar-refractivity contribution < 1.29 is 4.42 Å². The maximum atomic E-state index is 6.08. The van der Waals surface area contributed by atoms with Crippen LogP contribution >= 0.6 is 24.0 Å². The van der Waals surface area contributed by atoms with Crippen LogP contribution in [0.25, 0.3) is 11.1 Å². The number of rotatable bonds is 4. The van der Waals surface area contributed by atoms with Crippen LogP contribution < -0.4 is 0 Å². The highest BCUT2D eigenvalue weighted by molar-refractivity contribution is 7.99. The molecular formula is C19H21N3OS2. The fraction of sp³-hybridized carbons (Fsp3) is 0.368. The minimum atomic E-state index is 0.700. The Hall–Kier alpha value is -1.63. The van der Waals surface area contributed by atoms with Crippen LogP contribution in [0.15, 0.2) is 39.9 Å². The van der Waals surface area contributed by atoms with E-state index in [2.05, 4.69) is 47.7 Å². The Kier molecular flexibility index (Phi) is 4.67. The molecule has 0 unspecified atom stereocenters. The summed E-state index contributed by atoms with van der Waals surface area (Å²) in [6, 6.07) is 10.4. The van der Waals surface area contributed by atoms with E-state index in [1.54, 1.807) is 11.8 Å². The summed E-state index contributed by atoms with van der Waals surface area (Å²) >= 11 is 7.61. The summed E-state index contributed by atoms with van der Waals surface area (Å²) in [5.74, 6) is 2.00. The van der Waals surface area contributed by atoms with Gasteiger partial charge in [-0.25, -0.2) is 0 Å². The molecule has 25 heavy (non-hydrogen) atoms. The predicted molar refractivity (Wildman–Crippen MR) is 105 cm³/mol. The molecule has 0 fully saturated rings. The van der Waals surface area contributed by atoms with Crippen molar-refractivity contribution in [2.45, 2.75) is 31.6 Å². The van der Waals surface area contributed by atoms with Crippen LogP contribution in [0.5, 0.6) is 0 Å². The monoisotopic (exact) mass is 371 g/mol. The van der Waals surface area contributed by atoms with Gasteiger partial charge in [0.2, 0.25) is 5.71 Å². The smallest absolute Gasteiger partial charge is 0.231 e. The van der Waals surface area contributed by atoms with Gasteiger partial charge in [-0.2, -0.15) is 4.98 Å². The molecule has 130 valence electrons. The molecule has 1 aromatic carbocycles. The number of nitrogens with zero attached hydrogens (tertiary/aromatic N) is 3. The van der Waals surface area contributed by atoms with E-state index in [0.717, 1.165) is 52.8 Å². The van der Waals surface area contributed by atoms with E-state index in [9.17, 15) is 0 Å². The number of fused-ring (bicyclic) bond motifs is 3. The SMILES string of the molecule is CCSc1nc2oc3c(c2c(=S)n1Cc1ccccc1)CN(C)CC3. The Morgan fingerprint density at radius 1 is 1.28 bits per heavy atom. The summed E-state index contributed by atoms with van der Waals surface area (Å²) in [6.45, 7) is 4.76. The largest absolute Gasteiger partial charge is 0.442 e. The summed E-state index contributed by atoms with van der Waals surface area (Å²) in [7, 11) is 2.14. The highest BCUT2D eigenvalue weighted by atomic mass is 32.2. The molecule has 3 aromatic rings. The fourth-order valence-electron chi connectivity index (χ4n) is 3.32. The first kappa shape index (κ1) is 16.8. The Labute approximate surface area is 156 Å². The number of hydrogen-bond acceptors (Lipinski definition) is 5. The third-order valence-electron chi connectivity index (χ3n) is 4.56. The lowest BCUT2D eigenvalue weighted by Crippen LogP contribution is -2.25. The lowest BCUT2D eigenvalue weighted by atomic mass is 10.1. The summed E-state index contributed by atoms with van der Waals surface area (Å²) in [4.78, 5) is 7.13. The lowest BCUT2D eigenvalue weighted by molar-refractivity contribution is 0.296. The zero-order chi connectivity index (χ0) is 17.4. The molecule has 0 amide bonds. The van der Waals surface area contributed by atoms with E-state index in [4.69, 9.17) is 21.6 Å². The molecule has 0 radical (unpaired) electrons. The minimum absolute atomic E-state index is 0.700. The van der Waals surface area contributed by atoms with E-state index in [-0.39, 0.29) is 0 Å². The van der Waals surface area contributed by atoms with Crippen LogP contribution in [0, 0.1) is 4.64 Å². The average Bonchev–Trinajstić information content (AvgIpc) is 2.97. The Morgan fingerprint density at radius 3 is 2.84 bits per heavy atom. The number of aromatic nitrogens is 2. The second kappa shape index (κ2) is 6.94. The predicted octanol–water partition coefficient (Wildman–Crippen LogP) is 4.51. The first-order valence-electron chi connectivity index (χ1n) is 8.57. The van der Waals surface area contributed by atoms with Gasteiger partial charge >= 0.3 is 0 Å². The van der Waals surface area contributed by atoms with Crippen molar-refractivity contribution in [1.29, 1.82) is 0 Å². The molecule has 0 saturated carbocycles. The molecule has 0 atom stereocenters. The standard InChI is InChI=1S/C19H21N3OS2/c1-3-25-19-20-17-16(14-12-21(2)10-9-15(14)23-17)18(24)22(19)11-13-7-5-4-6-8-13/h4-8H,3,9-12H2,1-2H3. The Morgan fingerprint density at radius 2 is 2.08 bits per heavy atom. The highest BCUT2D eigenvalue weighted by Crippen LogP contribution is 2.32. The Balaban J connectivity index is 1.90. The van der Waals surface area contributed by atoms with E-state index >= 15 is 0 Å². The van der Waals surface area contributed by atoms with Gasteiger partial charge in [0.25, 0.3) is 0 Å². The average molecular weight is 372 g/mol. The lowest BCUT2D eigenvalue weighted by Gasteiger charge is -2.21. The van der Waals surface area contributed by atoms with Crippen LogP contribution in [0.1, 0.15) is 23.8 Å². The van der Waals surface area contributed by atoms with Crippen molar-refractivity contribution in [2.75, 3.05) is 19.3 Å². The van der Waals surface area contributed by atoms with Gasteiger partial charge in [-0.15, -0.1) is 0 Å².